The molecule has 138 valence electrons. The van der Waals surface area contributed by atoms with Gasteiger partial charge in [0, 0.05) is 12.1 Å². The lowest BCUT2D eigenvalue weighted by Gasteiger charge is -2.23. The second-order valence-electron chi connectivity index (χ2n) is 6.81. The van der Waals surface area contributed by atoms with E-state index in [0.29, 0.717) is 12.1 Å². The van der Waals surface area contributed by atoms with E-state index in [1.807, 2.05) is 0 Å². The molecule has 6 nitrogen and oxygen atoms in total. The number of nitrogens with two attached hydrogens (primary N) is 1. The Morgan fingerprint density at radius 1 is 1.12 bits per heavy atom. The molecule has 3 rings (SSSR count). The standard InChI is InChI=1S/C17H18F3N5O/c1-16(2,3)25-13(17(18,19)20)12(9-22-25)15-23-14(24-26-15)11-6-4-10(8-21)5-7-11/h4-7,9H,8,21H2,1-3H3. The van der Waals surface area contributed by atoms with Crippen molar-refractivity contribution in [2.24, 2.45) is 5.73 Å². The first kappa shape index (κ1) is 18.1. The van der Waals surface area contributed by atoms with Gasteiger partial charge >= 0.3 is 6.18 Å². The summed E-state index contributed by atoms with van der Waals surface area (Å²) >= 11 is 0. The van der Waals surface area contributed by atoms with Crippen LogP contribution in [0.4, 0.5) is 13.2 Å². The van der Waals surface area contributed by atoms with Crippen molar-refractivity contribution in [3.8, 4) is 22.8 Å². The van der Waals surface area contributed by atoms with E-state index >= 15 is 0 Å². The Hall–Kier alpha value is -2.68. The van der Waals surface area contributed by atoms with Crippen LogP contribution in [0.15, 0.2) is 35.0 Å². The minimum absolute atomic E-state index is 0.195. The topological polar surface area (TPSA) is 82.8 Å². The largest absolute Gasteiger partial charge is 0.433 e. The lowest BCUT2D eigenvalue weighted by atomic mass is 10.1. The van der Waals surface area contributed by atoms with E-state index in [0.717, 1.165) is 16.4 Å². The lowest BCUT2D eigenvalue weighted by molar-refractivity contribution is -0.145. The molecule has 0 fully saturated rings. The molecule has 26 heavy (non-hydrogen) atoms. The molecule has 0 saturated carbocycles. The molecule has 0 aliphatic carbocycles. The van der Waals surface area contributed by atoms with Crippen molar-refractivity contribution < 1.29 is 17.7 Å². The number of nitrogens with zero attached hydrogens (tertiary/aromatic N) is 4. The molecule has 0 unspecified atom stereocenters. The number of rotatable bonds is 3. The monoisotopic (exact) mass is 365 g/mol. The van der Waals surface area contributed by atoms with Crippen molar-refractivity contribution >= 4 is 0 Å². The van der Waals surface area contributed by atoms with Gasteiger partial charge in [0.1, 0.15) is 0 Å². The minimum Gasteiger partial charge on any atom is -0.333 e. The third-order valence-corrected chi connectivity index (χ3v) is 3.78. The molecule has 0 atom stereocenters. The lowest BCUT2D eigenvalue weighted by Crippen LogP contribution is -2.29. The number of hydrogen-bond acceptors (Lipinski definition) is 5. The zero-order valence-electron chi connectivity index (χ0n) is 14.5. The van der Waals surface area contributed by atoms with Crippen molar-refractivity contribution in [2.45, 2.75) is 39.0 Å². The fraction of sp³-hybridized carbons (Fsp3) is 0.353. The highest BCUT2D eigenvalue weighted by Gasteiger charge is 2.42. The summed E-state index contributed by atoms with van der Waals surface area (Å²) in [4.78, 5) is 4.11. The predicted octanol–water partition coefficient (Wildman–Crippen LogP) is 3.83. The van der Waals surface area contributed by atoms with Gasteiger partial charge in [0.15, 0.2) is 5.69 Å². The molecule has 0 saturated heterocycles. The smallest absolute Gasteiger partial charge is 0.333 e. The van der Waals surface area contributed by atoms with Crippen molar-refractivity contribution in [1.29, 1.82) is 0 Å². The van der Waals surface area contributed by atoms with Crippen LogP contribution >= 0.6 is 0 Å². The summed E-state index contributed by atoms with van der Waals surface area (Å²) in [7, 11) is 0. The van der Waals surface area contributed by atoms with Gasteiger partial charge in [0.2, 0.25) is 5.82 Å². The van der Waals surface area contributed by atoms with Gasteiger partial charge in [-0.25, -0.2) is 0 Å². The summed E-state index contributed by atoms with van der Waals surface area (Å²) in [6.45, 7) is 5.30. The van der Waals surface area contributed by atoms with E-state index < -0.39 is 17.4 Å². The van der Waals surface area contributed by atoms with E-state index in [4.69, 9.17) is 10.3 Å². The first-order valence-electron chi connectivity index (χ1n) is 7.90. The maximum absolute atomic E-state index is 13.6. The Balaban J connectivity index is 2.05. The van der Waals surface area contributed by atoms with Crippen LogP contribution in [0, 0.1) is 0 Å². The van der Waals surface area contributed by atoms with Gasteiger partial charge in [0.25, 0.3) is 5.89 Å². The van der Waals surface area contributed by atoms with Gasteiger partial charge in [-0.3, -0.25) is 4.68 Å². The van der Waals surface area contributed by atoms with Crippen LogP contribution < -0.4 is 5.73 Å². The normalized spacial score (nSPS) is 12.6. The summed E-state index contributed by atoms with van der Waals surface area (Å²) < 4.78 is 46.8. The molecule has 0 aliphatic heterocycles. The highest BCUT2D eigenvalue weighted by Crippen LogP contribution is 2.39. The summed E-state index contributed by atoms with van der Waals surface area (Å²) in [5.74, 6) is -0.0362. The van der Waals surface area contributed by atoms with E-state index in [9.17, 15) is 13.2 Å². The second kappa shape index (κ2) is 6.24. The minimum atomic E-state index is -4.61. The average Bonchev–Trinajstić information content (AvgIpc) is 3.20. The molecule has 1 aromatic carbocycles. The zero-order chi connectivity index (χ0) is 19.1. The van der Waals surface area contributed by atoms with Gasteiger partial charge in [-0.1, -0.05) is 29.4 Å². The van der Waals surface area contributed by atoms with E-state index in [2.05, 4.69) is 15.2 Å². The number of alkyl halides is 3. The van der Waals surface area contributed by atoms with Crippen LogP contribution in [0.25, 0.3) is 22.8 Å². The van der Waals surface area contributed by atoms with E-state index in [1.54, 1.807) is 45.0 Å². The highest BCUT2D eigenvalue weighted by atomic mass is 19.4. The number of aromatic nitrogens is 4. The molecule has 9 heteroatoms. The third kappa shape index (κ3) is 3.34. The SMILES string of the molecule is CC(C)(C)n1ncc(-c2nc(-c3ccc(CN)cc3)no2)c1C(F)(F)F. The summed E-state index contributed by atoms with van der Waals surface area (Å²) in [5, 5.41) is 7.68. The van der Waals surface area contributed by atoms with Gasteiger partial charge in [-0.2, -0.15) is 23.3 Å². The number of halogens is 3. The zero-order valence-corrected chi connectivity index (χ0v) is 14.5. The molecule has 0 bridgehead atoms. The van der Waals surface area contributed by atoms with Gasteiger partial charge in [-0.05, 0) is 26.3 Å². The maximum atomic E-state index is 13.6. The average molecular weight is 365 g/mol. The maximum Gasteiger partial charge on any atom is 0.433 e. The van der Waals surface area contributed by atoms with Crippen molar-refractivity contribution in [1.82, 2.24) is 19.9 Å². The first-order valence-corrected chi connectivity index (χ1v) is 7.90. The molecule has 0 radical (unpaired) electrons. The Morgan fingerprint density at radius 2 is 1.77 bits per heavy atom. The van der Waals surface area contributed by atoms with Gasteiger partial charge in [0.05, 0.1) is 17.3 Å². The molecule has 2 N–H and O–H groups in total. The number of benzene rings is 1. The van der Waals surface area contributed by atoms with Crippen LogP contribution in [-0.4, -0.2) is 19.9 Å². The van der Waals surface area contributed by atoms with Crippen LogP contribution in [0.2, 0.25) is 0 Å². The molecule has 0 amide bonds. The molecule has 2 heterocycles. The Bertz CT molecular complexity index is 904. The molecular weight excluding hydrogens is 347 g/mol. The van der Waals surface area contributed by atoms with Crippen molar-refractivity contribution in [3.63, 3.8) is 0 Å². The third-order valence-electron chi connectivity index (χ3n) is 3.78. The fourth-order valence-corrected chi connectivity index (χ4v) is 2.53. The van der Waals surface area contributed by atoms with Crippen LogP contribution in [-0.2, 0) is 18.3 Å². The first-order chi connectivity index (χ1) is 12.1. The quantitative estimate of drug-likeness (QED) is 0.763. The predicted molar refractivity (Wildman–Crippen MR) is 88.8 cm³/mol. The van der Waals surface area contributed by atoms with Crippen molar-refractivity contribution in [2.75, 3.05) is 0 Å². The summed E-state index contributed by atoms with van der Waals surface area (Å²) in [6, 6.07) is 7.06. The molecule has 0 spiro atoms. The van der Waals surface area contributed by atoms with Gasteiger partial charge in [-0.15, -0.1) is 0 Å². The van der Waals surface area contributed by atoms with Crippen LogP contribution in [0.5, 0.6) is 0 Å². The Morgan fingerprint density at radius 3 is 2.31 bits per heavy atom. The summed E-state index contributed by atoms with van der Waals surface area (Å²) in [5.41, 5.74) is 5.07. The molecule has 0 aliphatic rings. The van der Waals surface area contributed by atoms with Crippen LogP contribution in [0.1, 0.15) is 32.0 Å². The Labute approximate surface area is 147 Å². The van der Waals surface area contributed by atoms with Crippen molar-refractivity contribution in [3.05, 3.63) is 41.7 Å². The highest BCUT2D eigenvalue weighted by molar-refractivity contribution is 5.61. The molecule has 2 aromatic heterocycles. The molecule has 3 aromatic rings. The number of hydrogen-bond donors (Lipinski definition) is 1. The Kier molecular flexibility index (Phi) is 4.35. The van der Waals surface area contributed by atoms with E-state index in [-0.39, 0.29) is 17.3 Å². The second-order valence-corrected chi connectivity index (χ2v) is 6.81. The fourth-order valence-electron chi connectivity index (χ4n) is 2.53. The van der Waals surface area contributed by atoms with Crippen LogP contribution in [0.3, 0.4) is 0 Å². The summed E-state index contributed by atoms with van der Waals surface area (Å²) in [6.07, 6.45) is -3.51. The van der Waals surface area contributed by atoms with Gasteiger partial charge < -0.3 is 10.3 Å². The van der Waals surface area contributed by atoms with E-state index in [1.165, 1.54) is 0 Å². The molecular formula is C17H18F3N5O.